The van der Waals surface area contributed by atoms with Crippen LogP contribution in [0.1, 0.15) is 27.2 Å². The van der Waals surface area contributed by atoms with Crippen LogP contribution >= 0.6 is 15.9 Å². The molecular weight excluding hydrogens is 266 g/mol. The van der Waals surface area contributed by atoms with Gasteiger partial charge in [0.2, 0.25) is 5.78 Å². The number of H-pyrrole nitrogens is 1. The molecule has 0 bridgehead atoms. The molecule has 0 unspecified atom stereocenters. The Morgan fingerprint density at radius 2 is 1.75 bits per heavy atom. The molecule has 1 N–H and O–H groups in total. The maximum atomic E-state index is 12.1. The maximum Gasteiger partial charge on any atom is 0.209 e. The van der Waals surface area contributed by atoms with Crippen LogP contribution in [0.4, 0.5) is 0 Å². The molecule has 2 aromatic rings. The van der Waals surface area contributed by atoms with Crippen molar-refractivity contribution in [3.8, 4) is 0 Å². The molecular formula is C13H12BrNO. The van der Waals surface area contributed by atoms with E-state index in [1.807, 2.05) is 26.0 Å². The zero-order valence-corrected chi connectivity index (χ0v) is 10.8. The molecule has 2 nitrogen and oxygen atoms in total. The van der Waals surface area contributed by atoms with Gasteiger partial charge in [-0.05, 0) is 48.0 Å². The van der Waals surface area contributed by atoms with Gasteiger partial charge in [0.1, 0.15) is 0 Å². The molecule has 0 atom stereocenters. The summed E-state index contributed by atoms with van der Waals surface area (Å²) < 4.78 is 0.889. The summed E-state index contributed by atoms with van der Waals surface area (Å²) in [5.74, 6) is 0.0255. The van der Waals surface area contributed by atoms with E-state index in [-0.39, 0.29) is 5.78 Å². The van der Waals surface area contributed by atoms with Crippen LogP contribution in [-0.4, -0.2) is 10.8 Å². The van der Waals surface area contributed by atoms with Crippen LogP contribution in [0.15, 0.2) is 34.9 Å². The molecule has 0 radical (unpaired) electrons. The van der Waals surface area contributed by atoms with Gasteiger partial charge >= 0.3 is 0 Å². The Bertz CT molecular complexity index is 522. The molecule has 1 aromatic heterocycles. The molecule has 0 aliphatic heterocycles. The third-order valence-corrected chi connectivity index (χ3v) is 2.83. The smallest absolute Gasteiger partial charge is 0.209 e. The molecule has 2 rings (SSSR count). The second-order valence-electron chi connectivity index (χ2n) is 3.94. The van der Waals surface area contributed by atoms with E-state index in [9.17, 15) is 4.79 Å². The lowest BCUT2D eigenvalue weighted by Crippen LogP contribution is -2.02. The Labute approximate surface area is 103 Å². The first-order chi connectivity index (χ1) is 7.56. The number of benzene rings is 1. The summed E-state index contributed by atoms with van der Waals surface area (Å²) in [4.78, 5) is 15.1. The minimum atomic E-state index is 0.0255. The van der Waals surface area contributed by atoms with Gasteiger partial charge in [-0.25, -0.2) is 0 Å². The number of carbonyl (C=O) groups excluding carboxylic acids is 1. The van der Waals surface area contributed by atoms with E-state index in [1.165, 1.54) is 0 Å². The summed E-state index contributed by atoms with van der Waals surface area (Å²) in [7, 11) is 0. The highest BCUT2D eigenvalue weighted by Gasteiger charge is 2.11. The minimum Gasteiger partial charge on any atom is -0.357 e. The van der Waals surface area contributed by atoms with Crippen molar-refractivity contribution in [3.63, 3.8) is 0 Å². The fraction of sp³-hybridized carbons (Fsp3) is 0.154. The van der Waals surface area contributed by atoms with E-state index in [1.54, 1.807) is 12.3 Å². The molecule has 16 heavy (non-hydrogen) atoms. The van der Waals surface area contributed by atoms with Gasteiger partial charge in [-0.2, -0.15) is 0 Å². The second kappa shape index (κ2) is 4.26. The van der Waals surface area contributed by atoms with Crippen molar-refractivity contribution in [2.24, 2.45) is 0 Å². The number of hydrogen-bond acceptors (Lipinski definition) is 1. The summed E-state index contributed by atoms with van der Waals surface area (Å²) in [5.41, 5.74) is 3.55. The van der Waals surface area contributed by atoms with E-state index in [4.69, 9.17) is 0 Å². The van der Waals surface area contributed by atoms with E-state index in [2.05, 4.69) is 27.0 Å². The number of hydrogen-bond donors (Lipinski definition) is 1. The third-order valence-electron chi connectivity index (χ3n) is 2.38. The van der Waals surface area contributed by atoms with Crippen LogP contribution < -0.4 is 0 Å². The molecule has 0 saturated heterocycles. The van der Waals surface area contributed by atoms with Gasteiger partial charge < -0.3 is 4.98 Å². The summed E-state index contributed by atoms with van der Waals surface area (Å²) in [6.07, 6.45) is 1.76. The fourth-order valence-corrected chi connectivity index (χ4v) is 2.10. The first-order valence-corrected chi connectivity index (χ1v) is 5.82. The molecule has 0 fully saturated rings. The number of carbonyl (C=O) groups is 1. The predicted octanol–water partition coefficient (Wildman–Crippen LogP) is 3.63. The molecule has 0 spiro atoms. The number of ketones is 1. The topological polar surface area (TPSA) is 32.9 Å². The molecule has 0 saturated carbocycles. The summed E-state index contributed by atoms with van der Waals surface area (Å²) in [5, 5.41) is 0. The first kappa shape index (κ1) is 11.1. The van der Waals surface area contributed by atoms with E-state index >= 15 is 0 Å². The molecule has 1 heterocycles. The highest BCUT2D eigenvalue weighted by atomic mass is 79.9. The Morgan fingerprint density at radius 1 is 1.12 bits per heavy atom. The lowest BCUT2D eigenvalue weighted by molar-refractivity contribution is 0.103. The van der Waals surface area contributed by atoms with Crippen molar-refractivity contribution in [3.05, 3.63) is 57.3 Å². The molecule has 0 amide bonds. The highest BCUT2D eigenvalue weighted by Crippen LogP contribution is 2.16. The summed E-state index contributed by atoms with van der Waals surface area (Å²) in [6.45, 7) is 3.99. The fourth-order valence-electron chi connectivity index (χ4n) is 1.76. The lowest BCUT2D eigenvalue weighted by Gasteiger charge is -2.02. The van der Waals surface area contributed by atoms with Crippen molar-refractivity contribution >= 4 is 21.7 Å². The van der Waals surface area contributed by atoms with Crippen molar-refractivity contribution in [1.82, 2.24) is 4.98 Å². The number of aromatic nitrogens is 1. The van der Waals surface area contributed by atoms with Crippen LogP contribution in [0.3, 0.4) is 0 Å². The highest BCUT2D eigenvalue weighted by molar-refractivity contribution is 9.10. The van der Waals surface area contributed by atoms with Gasteiger partial charge in [-0.3, -0.25) is 4.79 Å². The van der Waals surface area contributed by atoms with Gasteiger partial charge in [-0.1, -0.05) is 17.2 Å². The van der Waals surface area contributed by atoms with Crippen molar-refractivity contribution in [1.29, 1.82) is 0 Å². The summed E-state index contributed by atoms with van der Waals surface area (Å²) >= 11 is 3.32. The minimum absolute atomic E-state index is 0.0255. The standard InChI is InChI=1S/C13H12BrNO/c1-8-3-9(2)5-10(4-8)13(16)12-6-11(14)7-15-12/h3-7,15H,1-2H3. The predicted molar refractivity (Wildman–Crippen MR) is 67.8 cm³/mol. The molecule has 82 valence electrons. The van der Waals surface area contributed by atoms with Gasteiger partial charge in [0.15, 0.2) is 0 Å². The van der Waals surface area contributed by atoms with Crippen LogP contribution in [0.5, 0.6) is 0 Å². The summed E-state index contributed by atoms with van der Waals surface area (Å²) in [6, 6.07) is 7.66. The molecule has 0 aliphatic carbocycles. The Kier molecular flexibility index (Phi) is 2.97. The Morgan fingerprint density at radius 3 is 2.25 bits per heavy atom. The molecule has 3 heteroatoms. The van der Waals surface area contributed by atoms with Crippen molar-refractivity contribution in [2.75, 3.05) is 0 Å². The van der Waals surface area contributed by atoms with Crippen LogP contribution in [-0.2, 0) is 0 Å². The number of aryl methyl sites for hydroxylation is 2. The lowest BCUT2D eigenvalue weighted by atomic mass is 10.0. The monoisotopic (exact) mass is 277 g/mol. The van der Waals surface area contributed by atoms with Crippen LogP contribution in [0.25, 0.3) is 0 Å². The average molecular weight is 278 g/mol. The van der Waals surface area contributed by atoms with Crippen LogP contribution in [0.2, 0.25) is 0 Å². The Balaban J connectivity index is 2.41. The second-order valence-corrected chi connectivity index (χ2v) is 4.85. The average Bonchev–Trinajstić information content (AvgIpc) is 2.62. The van der Waals surface area contributed by atoms with E-state index < -0.39 is 0 Å². The third kappa shape index (κ3) is 2.25. The van der Waals surface area contributed by atoms with E-state index in [0.717, 1.165) is 21.2 Å². The SMILES string of the molecule is Cc1cc(C)cc(C(=O)c2cc(Br)c[nH]2)c1. The van der Waals surface area contributed by atoms with E-state index in [0.29, 0.717) is 5.69 Å². The van der Waals surface area contributed by atoms with Crippen LogP contribution in [0, 0.1) is 13.8 Å². The number of halogens is 1. The van der Waals surface area contributed by atoms with Gasteiger partial charge in [0.25, 0.3) is 0 Å². The first-order valence-electron chi connectivity index (χ1n) is 5.03. The largest absolute Gasteiger partial charge is 0.357 e. The number of rotatable bonds is 2. The molecule has 0 aliphatic rings. The number of aromatic amines is 1. The van der Waals surface area contributed by atoms with Crippen molar-refractivity contribution < 1.29 is 4.79 Å². The van der Waals surface area contributed by atoms with Gasteiger partial charge in [0.05, 0.1) is 5.69 Å². The maximum absolute atomic E-state index is 12.1. The molecule has 1 aromatic carbocycles. The van der Waals surface area contributed by atoms with Gasteiger partial charge in [0, 0.05) is 16.2 Å². The zero-order valence-electron chi connectivity index (χ0n) is 9.17. The van der Waals surface area contributed by atoms with Crippen molar-refractivity contribution in [2.45, 2.75) is 13.8 Å². The quantitative estimate of drug-likeness (QED) is 0.836. The van der Waals surface area contributed by atoms with Gasteiger partial charge in [-0.15, -0.1) is 0 Å². The zero-order chi connectivity index (χ0) is 11.7. The normalized spacial score (nSPS) is 10.4. The Hall–Kier alpha value is -1.35. The number of nitrogens with one attached hydrogen (secondary N) is 1.